The fourth-order valence-electron chi connectivity index (χ4n) is 3.28. The van der Waals surface area contributed by atoms with Gasteiger partial charge in [0.15, 0.2) is 0 Å². The van der Waals surface area contributed by atoms with Crippen LogP contribution in [0.2, 0.25) is 0 Å². The normalized spacial score (nSPS) is 17.3. The molecule has 2 aromatic heterocycles. The van der Waals surface area contributed by atoms with E-state index in [-0.39, 0.29) is 11.8 Å². The number of hydrogen-bond donors (Lipinski definition) is 1. The summed E-state index contributed by atoms with van der Waals surface area (Å²) < 4.78 is 1.05. The number of rotatable bonds is 3. The number of thiophene rings is 1. The lowest BCUT2D eigenvalue weighted by Crippen LogP contribution is -2.39. The first-order valence-electron chi connectivity index (χ1n) is 8.06. The Hall–Kier alpha value is -1.76. The average Bonchev–Trinajstić information content (AvgIpc) is 3.31. The zero-order valence-corrected chi connectivity index (χ0v) is 14.7. The van der Waals surface area contributed by atoms with Crippen LogP contribution in [-0.4, -0.2) is 34.0 Å². The molecule has 1 saturated heterocycles. The summed E-state index contributed by atoms with van der Waals surface area (Å²) in [5.41, 5.74) is 3.47. The van der Waals surface area contributed by atoms with Crippen molar-refractivity contribution in [2.45, 2.75) is 18.9 Å². The van der Waals surface area contributed by atoms with Crippen molar-refractivity contribution in [2.75, 3.05) is 13.1 Å². The average molecular weight is 358 g/mol. The van der Waals surface area contributed by atoms with E-state index >= 15 is 0 Å². The molecule has 0 saturated carbocycles. The van der Waals surface area contributed by atoms with Crippen LogP contribution in [-0.2, 0) is 0 Å². The number of likely N-dealkylation sites (tertiary alicyclic amines) is 1. The molecular weight excluding hydrogens is 340 g/mol. The largest absolute Gasteiger partial charge is 0.387 e. The van der Waals surface area contributed by atoms with Crippen LogP contribution in [0.3, 0.4) is 0 Å². The van der Waals surface area contributed by atoms with Crippen molar-refractivity contribution in [3.8, 4) is 0 Å². The van der Waals surface area contributed by atoms with Gasteiger partial charge in [0.1, 0.15) is 0 Å². The van der Waals surface area contributed by atoms with Gasteiger partial charge in [-0.2, -0.15) is 0 Å². The highest BCUT2D eigenvalue weighted by Gasteiger charge is 2.29. The Bertz CT molecular complexity index is 836. The van der Waals surface area contributed by atoms with Crippen molar-refractivity contribution >= 4 is 38.8 Å². The van der Waals surface area contributed by atoms with E-state index in [1.165, 1.54) is 0 Å². The van der Waals surface area contributed by atoms with Crippen molar-refractivity contribution in [1.82, 2.24) is 9.88 Å². The van der Waals surface area contributed by atoms with Gasteiger partial charge in [0, 0.05) is 23.5 Å². The maximum Gasteiger partial charge on any atom is 0.253 e. The van der Waals surface area contributed by atoms with Gasteiger partial charge in [-0.25, -0.2) is 4.98 Å². The SMILES string of the molecule is O=C(c1ccc2ncsc2c1)N1CCC([C@H](O)c2cccs2)CC1. The number of piperidine rings is 1. The van der Waals surface area contributed by atoms with Crippen molar-refractivity contribution < 1.29 is 9.90 Å². The predicted octanol–water partition coefficient (Wildman–Crippen LogP) is 3.94. The molecule has 3 heterocycles. The Balaban J connectivity index is 1.42. The van der Waals surface area contributed by atoms with Gasteiger partial charge in [-0.1, -0.05) is 6.07 Å². The van der Waals surface area contributed by atoms with Crippen molar-refractivity contribution in [2.24, 2.45) is 5.92 Å². The minimum absolute atomic E-state index is 0.0781. The van der Waals surface area contributed by atoms with E-state index in [9.17, 15) is 9.90 Å². The molecule has 4 nitrogen and oxygen atoms in total. The molecule has 124 valence electrons. The second kappa shape index (κ2) is 6.63. The van der Waals surface area contributed by atoms with E-state index in [4.69, 9.17) is 0 Å². The van der Waals surface area contributed by atoms with Crippen LogP contribution in [0.4, 0.5) is 0 Å². The van der Waals surface area contributed by atoms with Gasteiger partial charge < -0.3 is 10.0 Å². The standard InChI is InChI=1S/C18H18N2O2S2/c21-17(15-2-1-9-23-15)12-5-7-20(8-6-12)18(22)13-3-4-14-16(10-13)24-11-19-14/h1-4,9-12,17,21H,5-8H2/t17-/m0/s1. The number of amides is 1. The third-order valence-corrected chi connectivity index (χ3v) is 6.42. The first-order valence-corrected chi connectivity index (χ1v) is 9.82. The molecule has 24 heavy (non-hydrogen) atoms. The molecule has 1 aliphatic heterocycles. The molecule has 0 bridgehead atoms. The molecule has 0 spiro atoms. The first kappa shape index (κ1) is 15.7. The summed E-state index contributed by atoms with van der Waals surface area (Å²) in [7, 11) is 0. The third-order valence-electron chi connectivity index (χ3n) is 4.69. The maximum atomic E-state index is 12.7. The maximum absolute atomic E-state index is 12.7. The Labute approximate surface area is 148 Å². The van der Waals surface area contributed by atoms with Gasteiger partial charge in [-0.3, -0.25) is 4.79 Å². The number of benzene rings is 1. The van der Waals surface area contributed by atoms with E-state index < -0.39 is 6.10 Å². The van der Waals surface area contributed by atoms with E-state index in [1.54, 1.807) is 28.2 Å². The minimum atomic E-state index is -0.407. The van der Waals surface area contributed by atoms with Gasteiger partial charge in [-0.15, -0.1) is 22.7 Å². The molecule has 0 aliphatic carbocycles. The van der Waals surface area contributed by atoms with Crippen molar-refractivity contribution in [3.05, 3.63) is 51.7 Å². The van der Waals surface area contributed by atoms with Crippen molar-refractivity contribution in [3.63, 3.8) is 0 Å². The lowest BCUT2D eigenvalue weighted by atomic mass is 9.90. The van der Waals surface area contributed by atoms with Crippen LogP contribution in [0.15, 0.2) is 41.2 Å². The number of thiazole rings is 1. The monoisotopic (exact) mass is 358 g/mol. The molecule has 4 rings (SSSR count). The number of aliphatic hydroxyl groups excluding tert-OH is 1. The molecule has 1 aliphatic rings. The lowest BCUT2D eigenvalue weighted by molar-refractivity contribution is 0.0474. The Morgan fingerprint density at radius 1 is 1.25 bits per heavy atom. The number of aliphatic hydroxyl groups is 1. The zero-order valence-electron chi connectivity index (χ0n) is 13.1. The number of carbonyl (C=O) groups is 1. The summed E-state index contributed by atoms with van der Waals surface area (Å²) in [6, 6.07) is 9.65. The van der Waals surface area contributed by atoms with Crippen molar-refractivity contribution in [1.29, 1.82) is 0 Å². The molecule has 1 fully saturated rings. The predicted molar refractivity (Wildman–Crippen MR) is 97.5 cm³/mol. The zero-order chi connectivity index (χ0) is 16.5. The topological polar surface area (TPSA) is 53.4 Å². The first-order chi connectivity index (χ1) is 11.7. The fourth-order valence-corrected chi connectivity index (χ4v) is 4.80. The number of nitrogens with zero attached hydrogens (tertiary/aromatic N) is 2. The summed E-state index contributed by atoms with van der Waals surface area (Å²) >= 11 is 3.15. The summed E-state index contributed by atoms with van der Waals surface area (Å²) in [6.07, 6.45) is 1.28. The van der Waals surface area contributed by atoms with Gasteiger partial charge >= 0.3 is 0 Å². The molecule has 0 unspecified atom stereocenters. The lowest BCUT2D eigenvalue weighted by Gasteiger charge is -2.34. The summed E-state index contributed by atoms with van der Waals surface area (Å²) in [6.45, 7) is 1.40. The van der Waals surface area contributed by atoms with Crippen LogP contribution < -0.4 is 0 Å². The van der Waals surface area contributed by atoms with Gasteiger partial charge in [0.25, 0.3) is 5.91 Å². The van der Waals surface area contributed by atoms with Gasteiger partial charge in [0.05, 0.1) is 21.8 Å². The van der Waals surface area contributed by atoms with Gasteiger partial charge in [0.2, 0.25) is 0 Å². The van der Waals surface area contributed by atoms with E-state index in [0.29, 0.717) is 13.1 Å². The Morgan fingerprint density at radius 2 is 2.08 bits per heavy atom. The van der Waals surface area contributed by atoms with Crippen LogP contribution in [0.25, 0.3) is 10.2 Å². The molecule has 6 heteroatoms. The summed E-state index contributed by atoms with van der Waals surface area (Å²) in [5.74, 6) is 0.311. The molecule has 0 radical (unpaired) electrons. The molecule has 1 N–H and O–H groups in total. The highest BCUT2D eigenvalue weighted by molar-refractivity contribution is 7.16. The highest BCUT2D eigenvalue weighted by atomic mass is 32.1. The summed E-state index contributed by atoms with van der Waals surface area (Å²) in [5, 5.41) is 12.5. The molecule has 3 aromatic rings. The number of carbonyl (C=O) groups excluding carboxylic acids is 1. The number of hydrogen-bond acceptors (Lipinski definition) is 5. The van der Waals surface area contributed by atoms with E-state index in [0.717, 1.165) is 33.5 Å². The Morgan fingerprint density at radius 3 is 2.83 bits per heavy atom. The Kier molecular flexibility index (Phi) is 4.35. The second-order valence-electron chi connectivity index (χ2n) is 6.12. The van der Waals surface area contributed by atoms with Gasteiger partial charge in [-0.05, 0) is 48.4 Å². The van der Waals surface area contributed by atoms with Crippen LogP contribution in [0.5, 0.6) is 0 Å². The quantitative estimate of drug-likeness (QED) is 0.771. The third kappa shape index (κ3) is 2.97. The van der Waals surface area contributed by atoms with Crippen LogP contribution >= 0.6 is 22.7 Å². The van der Waals surface area contributed by atoms with Crippen LogP contribution in [0.1, 0.15) is 34.2 Å². The van der Waals surface area contributed by atoms with E-state index in [2.05, 4.69) is 4.98 Å². The number of fused-ring (bicyclic) bond motifs is 1. The molecule has 1 amide bonds. The van der Waals surface area contributed by atoms with E-state index in [1.807, 2.05) is 40.6 Å². The fraction of sp³-hybridized carbons (Fsp3) is 0.333. The minimum Gasteiger partial charge on any atom is -0.387 e. The number of aromatic nitrogens is 1. The molecule has 1 aromatic carbocycles. The summed E-state index contributed by atoms with van der Waals surface area (Å²) in [4.78, 5) is 19.9. The van der Waals surface area contributed by atoms with Crippen LogP contribution in [0, 0.1) is 5.92 Å². The second-order valence-corrected chi connectivity index (χ2v) is 7.99. The highest BCUT2D eigenvalue weighted by Crippen LogP contribution is 2.33. The molecule has 1 atom stereocenters. The smallest absolute Gasteiger partial charge is 0.253 e. The molecular formula is C18H18N2O2S2.